The Hall–Kier alpha value is -6.84. The Labute approximate surface area is 310 Å². The predicted octanol–water partition coefficient (Wildman–Crippen LogP) is 13.3. The highest BCUT2D eigenvalue weighted by Gasteiger charge is 2.27. The molecule has 0 aliphatic rings. The van der Waals surface area contributed by atoms with Crippen LogP contribution in [0.1, 0.15) is 18.3 Å². The van der Waals surface area contributed by atoms with Gasteiger partial charge < -0.3 is 0 Å². The van der Waals surface area contributed by atoms with Crippen molar-refractivity contribution in [1.29, 1.82) is 0 Å². The first-order valence-corrected chi connectivity index (χ1v) is 18.1. The average molecular weight is 680 g/mol. The summed E-state index contributed by atoms with van der Waals surface area (Å²) in [4.78, 5) is 10.9. The van der Waals surface area contributed by atoms with Crippen LogP contribution in [0.3, 0.4) is 0 Å². The third-order valence-corrected chi connectivity index (χ3v) is 10.1. The van der Waals surface area contributed by atoms with Crippen LogP contribution in [0.4, 0.5) is 5.69 Å². The summed E-state index contributed by atoms with van der Waals surface area (Å²) in [6.45, 7) is 4.19. The van der Waals surface area contributed by atoms with Gasteiger partial charge in [-0.3, -0.25) is 4.57 Å². The SMILES string of the molecule is CC(=Nc1ccccc1C)c1nc2c(-c3ccccc3-c3ccccc3)c3ccccc3c(-c3ccccc3-c3ccccc3)c2n1-c1ccccc1. The van der Waals surface area contributed by atoms with Crippen molar-refractivity contribution in [3.63, 3.8) is 0 Å². The first-order chi connectivity index (χ1) is 26.2. The number of fused-ring (bicyclic) bond motifs is 2. The number of para-hydroxylation sites is 2. The third kappa shape index (κ3) is 5.73. The highest BCUT2D eigenvalue weighted by molar-refractivity contribution is 6.23. The monoisotopic (exact) mass is 679 g/mol. The maximum Gasteiger partial charge on any atom is 0.159 e. The molecule has 0 bridgehead atoms. The van der Waals surface area contributed by atoms with Crippen molar-refractivity contribution in [3.05, 3.63) is 199 Å². The summed E-state index contributed by atoms with van der Waals surface area (Å²) < 4.78 is 2.34. The van der Waals surface area contributed by atoms with Crippen molar-refractivity contribution in [2.24, 2.45) is 4.99 Å². The minimum atomic E-state index is 0.807. The van der Waals surface area contributed by atoms with Gasteiger partial charge in [0, 0.05) is 16.8 Å². The van der Waals surface area contributed by atoms with E-state index < -0.39 is 0 Å². The lowest BCUT2D eigenvalue weighted by atomic mass is 9.85. The second-order valence-electron chi connectivity index (χ2n) is 13.4. The van der Waals surface area contributed by atoms with E-state index in [1.165, 1.54) is 22.1 Å². The average Bonchev–Trinajstić information content (AvgIpc) is 3.62. The van der Waals surface area contributed by atoms with E-state index in [1.807, 2.05) is 6.07 Å². The van der Waals surface area contributed by atoms with E-state index >= 15 is 0 Å². The topological polar surface area (TPSA) is 30.2 Å². The molecule has 0 unspecified atom stereocenters. The van der Waals surface area contributed by atoms with E-state index in [4.69, 9.17) is 9.98 Å². The quantitative estimate of drug-likeness (QED) is 0.154. The molecule has 0 saturated heterocycles. The molecule has 0 radical (unpaired) electrons. The Balaban J connectivity index is 1.50. The number of aliphatic imine (C=N–C) groups is 1. The maximum absolute atomic E-state index is 5.70. The van der Waals surface area contributed by atoms with Crippen LogP contribution in [0.15, 0.2) is 193 Å². The first-order valence-electron chi connectivity index (χ1n) is 18.1. The summed E-state index contributed by atoms with van der Waals surface area (Å²) in [5.74, 6) is 0.807. The number of aromatic nitrogens is 2. The molecule has 1 aromatic heterocycles. The molecule has 1 heterocycles. The fourth-order valence-electron chi connectivity index (χ4n) is 7.68. The molecule has 252 valence electrons. The van der Waals surface area contributed by atoms with Crippen molar-refractivity contribution >= 4 is 33.2 Å². The Morgan fingerprint density at radius 2 is 0.925 bits per heavy atom. The minimum Gasteiger partial charge on any atom is -0.291 e. The lowest BCUT2D eigenvalue weighted by molar-refractivity contribution is 1.06. The Bertz CT molecular complexity index is 2780. The molecule has 0 aliphatic carbocycles. The van der Waals surface area contributed by atoms with Gasteiger partial charge in [0.25, 0.3) is 0 Å². The zero-order chi connectivity index (χ0) is 35.7. The zero-order valence-electron chi connectivity index (χ0n) is 29.7. The highest BCUT2D eigenvalue weighted by Crippen LogP contribution is 2.48. The van der Waals surface area contributed by atoms with Gasteiger partial charge in [-0.15, -0.1) is 0 Å². The van der Waals surface area contributed by atoms with Crippen LogP contribution in [0, 0.1) is 6.92 Å². The van der Waals surface area contributed by atoms with Crippen molar-refractivity contribution in [1.82, 2.24) is 9.55 Å². The van der Waals surface area contributed by atoms with E-state index in [2.05, 4.69) is 200 Å². The van der Waals surface area contributed by atoms with Gasteiger partial charge in [0.05, 0.1) is 22.4 Å². The Morgan fingerprint density at radius 3 is 1.51 bits per heavy atom. The number of imidazole rings is 1. The smallest absolute Gasteiger partial charge is 0.159 e. The van der Waals surface area contributed by atoms with Crippen LogP contribution in [0.25, 0.3) is 72.0 Å². The molecule has 0 amide bonds. The van der Waals surface area contributed by atoms with E-state index in [-0.39, 0.29) is 0 Å². The van der Waals surface area contributed by atoms with Gasteiger partial charge >= 0.3 is 0 Å². The summed E-state index contributed by atoms with van der Waals surface area (Å²) in [6.07, 6.45) is 0. The zero-order valence-corrected chi connectivity index (χ0v) is 29.7. The number of rotatable bonds is 7. The molecular weight excluding hydrogens is 643 g/mol. The fraction of sp³-hybridized carbons (Fsp3) is 0.0400. The van der Waals surface area contributed by atoms with Crippen molar-refractivity contribution in [2.75, 3.05) is 0 Å². The Kier molecular flexibility index (Phi) is 8.30. The largest absolute Gasteiger partial charge is 0.291 e. The van der Waals surface area contributed by atoms with Gasteiger partial charge in [0.1, 0.15) is 0 Å². The van der Waals surface area contributed by atoms with E-state index in [9.17, 15) is 0 Å². The third-order valence-electron chi connectivity index (χ3n) is 10.1. The Morgan fingerprint density at radius 1 is 0.472 bits per heavy atom. The van der Waals surface area contributed by atoms with Gasteiger partial charge in [-0.05, 0) is 81.8 Å². The van der Waals surface area contributed by atoms with Crippen LogP contribution >= 0.6 is 0 Å². The second-order valence-corrected chi connectivity index (χ2v) is 13.4. The van der Waals surface area contributed by atoms with Gasteiger partial charge in [-0.1, -0.05) is 170 Å². The molecule has 3 heteroatoms. The van der Waals surface area contributed by atoms with E-state index in [0.29, 0.717) is 0 Å². The number of aryl methyl sites for hydroxylation is 1. The standard InChI is InChI=1S/C50H37N3/c1-34-20-12-19-33-45(34)51-35(2)50-52-48-46(41-29-15-13-27-39(41)36-21-6-3-7-22-36)43-31-17-18-32-44(43)47(49(48)53(50)38-25-10-5-11-26-38)42-30-16-14-28-40(42)37-23-8-4-9-24-37/h3-33H,1-2H3. The predicted molar refractivity (Wildman–Crippen MR) is 223 cm³/mol. The van der Waals surface area contributed by atoms with Crippen LogP contribution in [-0.4, -0.2) is 15.3 Å². The highest BCUT2D eigenvalue weighted by atomic mass is 15.1. The first kappa shape index (κ1) is 32.1. The molecular formula is C50H37N3. The molecule has 0 atom stereocenters. The number of hydrogen-bond acceptors (Lipinski definition) is 2. The van der Waals surface area contributed by atoms with E-state index in [1.54, 1.807) is 0 Å². The molecule has 8 aromatic carbocycles. The molecule has 9 aromatic rings. The van der Waals surface area contributed by atoms with Crippen molar-refractivity contribution in [2.45, 2.75) is 13.8 Å². The molecule has 0 spiro atoms. The van der Waals surface area contributed by atoms with Gasteiger partial charge in [0.2, 0.25) is 0 Å². The summed E-state index contributed by atoms with van der Waals surface area (Å²) in [7, 11) is 0. The number of hydrogen-bond donors (Lipinski definition) is 0. The molecule has 3 nitrogen and oxygen atoms in total. The minimum absolute atomic E-state index is 0.807. The van der Waals surface area contributed by atoms with Crippen molar-refractivity contribution < 1.29 is 0 Å². The summed E-state index contributed by atoms with van der Waals surface area (Å²) in [6, 6.07) is 66.6. The normalized spacial score (nSPS) is 11.7. The molecule has 9 rings (SSSR count). The maximum atomic E-state index is 5.70. The van der Waals surface area contributed by atoms with E-state index in [0.717, 1.165) is 72.7 Å². The van der Waals surface area contributed by atoms with Gasteiger partial charge in [-0.25, -0.2) is 9.98 Å². The van der Waals surface area contributed by atoms with Crippen LogP contribution in [-0.2, 0) is 0 Å². The summed E-state index contributed by atoms with van der Waals surface area (Å²) in [5, 5.41) is 2.32. The number of nitrogens with zero attached hydrogens (tertiary/aromatic N) is 3. The molecule has 53 heavy (non-hydrogen) atoms. The molecule has 0 saturated carbocycles. The van der Waals surface area contributed by atoms with Crippen LogP contribution < -0.4 is 0 Å². The molecule has 0 aliphatic heterocycles. The lowest BCUT2D eigenvalue weighted by Gasteiger charge is -2.20. The fourth-order valence-corrected chi connectivity index (χ4v) is 7.68. The molecule has 0 N–H and O–H groups in total. The molecule has 0 fully saturated rings. The lowest BCUT2D eigenvalue weighted by Crippen LogP contribution is -2.07. The van der Waals surface area contributed by atoms with Gasteiger partial charge in [0.15, 0.2) is 5.82 Å². The summed E-state index contributed by atoms with van der Waals surface area (Å²) >= 11 is 0. The second kappa shape index (κ2) is 13.7. The van der Waals surface area contributed by atoms with Gasteiger partial charge in [-0.2, -0.15) is 0 Å². The van der Waals surface area contributed by atoms with Crippen molar-refractivity contribution in [3.8, 4) is 50.2 Å². The summed E-state index contributed by atoms with van der Waals surface area (Å²) in [5.41, 5.74) is 15.1. The van der Waals surface area contributed by atoms with Crippen LogP contribution in [0.5, 0.6) is 0 Å². The van der Waals surface area contributed by atoms with Crippen LogP contribution in [0.2, 0.25) is 0 Å². The number of benzene rings is 8.